The van der Waals surface area contributed by atoms with Crippen molar-refractivity contribution in [2.75, 3.05) is 20.3 Å². The Balaban J connectivity index is 1.83. The molecule has 1 aliphatic rings. The van der Waals surface area contributed by atoms with Gasteiger partial charge in [0.2, 0.25) is 0 Å². The molecule has 0 amide bonds. The fraction of sp³-hybridized carbons (Fsp3) is 0.524. The molecule has 1 saturated carbocycles. The first kappa shape index (κ1) is 19.3. The third-order valence-electron chi connectivity index (χ3n) is 5.24. The van der Waals surface area contributed by atoms with E-state index in [1.807, 2.05) is 31.2 Å². The molecule has 0 aliphatic heterocycles. The first-order valence-corrected chi connectivity index (χ1v) is 9.78. The Kier molecular flexibility index (Phi) is 6.63. The molecule has 3 rings (SSSR count). The smallest absolute Gasteiger partial charge is 0.159 e. The van der Waals surface area contributed by atoms with Crippen molar-refractivity contribution in [2.45, 2.75) is 45.7 Å². The summed E-state index contributed by atoms with van der Waals surface area (Å²) in [6, 6.07) is 10.4. The van der Waals surface area contributed by atoms with Crippen LogP contribution >= 0.6 is 11.6 Å². The fourth-order valence-electron chi connectivity index (χ4n) is 3.89. The first-order chi connectivity index (χ1) is 12.6. The molecule has 0 saturated heterocycles. The number of benzene rings is 1. The highest BCUT2D eigenvalue weighted by atomic mass is 35.5. The third kappa shape index (κ3) is 4.81. The van der Waals surface area contributed by atoms with Crippen molar-refractivity contribution < 1.29 is 4.74 Å². The van der Waals surface area contributed by atoms with Crippen molar-refractivity contribution in [3.8, 4) is 11.4 Å². The van der Waals surface area contributed by atoms with Gasteiger partial charge in [-0.25, -0.2) is 9.97 Å². The Hall–Kier alpha value is -1.49. The fourth-order valence-corrected chi connectivity index (χ4v) is 4.02. The van der Waals surface area contributed by atoms with E-state index in [-0.39, 0.29) is 0 Å². The molecule has 2 atom stereocenters. The zero-order valence-corrected chi connectivity index (χ0v) is 16.7. The van der Waals surface area contributed by atoms with Gasteiger partial charge in [0.05, 0.1) is 12.3 Å². The number of methoxy groups -OCH3 is 1. The molecule has 0 spiro atoms. The Bertz CT molecular complexity index is 720. The highest BCUT2D eigenvalue weighted by Crippen LogP contribution is 2.30. The van der Waals surface area contributed by atoms with Gasteiger partial charge in [0.15, 0.2) is 5.82 Å². The second kappa shape index (κ2) is 8.94. The molecule has 0 N–H and O–H groups in total. The number of halogens is 1. The summed E-state index contributed by atoms with van der Waals surface area (Å²) in [7, 11) is 1.77. The van der Waals surface area contributed by atoms with Crippen molar-refractivity contribution in [2.24, 2.45) is 5.92 Å². The molecular formula is C21H28ClN3O. The van der Waals surface area contributed by atoms with Crippen LogP contribution in [-0.4, -0.2) is 41.2 Å². The van der Waals surface area contributed by atoms with Crippen molar-refractivity contribution in [3.63, 3.8) is 0 Å². The van der Waals surface area contributed by atoms with E-state index >= 15 is 0 Å². The molecule has 0 bridgehead atoms. The summed E-state index contributed by atoms with van der Waals surface area (Å²) in [5, 5.41) is 0.725. The normalized spacial score (nSPS) is 20.0. The van der Waals surface area contributed by atoms with E-state index in [4.69, 9.17) is 21.3 Å². The summed E-state index contributed by atoms with van der Waals surface area (Å²) in [5.41, 5.74) is 3.06. The predicted octanol–water partition coefficient (Wildman–Crippen LogP) is 4.74. The number of rotatable bonds is 7. The molecule has 1 aromatic heterocycles. The van der Waals surface area contributed by atoms with Gasteiger partial charge in [0.25, 0.3) is 0 Å². The zero-order valence-electron chi connectivity index (χ0n) is 15.9. The SMILES string of the molecule is COCCN(Cc1cc(C)nc(-c2ccc(Cl)cc2)n1)C1CCCC1C. The number of nitrogens with zero attached hydrogens (tertiary/aromatic N) is 3. The monoisotopic (exact) mass is 373 g/mol. The summed E-state index contributed by atoms with van der Waals surface area (Å²) < 4.78 is 5.35. The van der Waals surface area contributed by atoms with Crippen LogP contribution < -0.4 is 0 Å². The van der Waals surface area contributed by atoms with Gasteiger partial charge in [-0.3, -0.25) is 4.90 Å². The van der Waals surface area contributed by atoms with Crippen LogP contribution in [0.1, 0.15) is 37.6 Å². The predicted molar refractivity (Wildman–Crippen MR) is 106 cm³/mol. The van der Waals surface area contributed by atoms with E-state index < -0.39 is 0 Å². The van der Waals surface area contributed by atoms with E-state index in [9.17, 15) is 0 Å². The summed E-state index contributed by atoms with van der Waals surface area (Å²) in [6.45, 7) is 6.91. The van der Waals surface area contributed by atoms with Gasteiger partial charge in [-0.15, -0.1) is 0 Å². The second-order valence-corrected chi connectivity index (χ2v) is 7.71. The van der Waals surface area contributed by atoms with Crippen molar-refractivity contribution in [3.05, 3.63) is 46.7 Å². The maximum absolute atomic E-state index is 6.01. The molecule has 140 valence electrons. The molecule has 1 aromatic carbocycles. The van der Waals surface area contributed by atoms with E-state index in [0.717, 1.165) is 53.4 Å². The Morgan fingerprint density at radius 2 is 1.96 bits per heavy atom. The maximum Gasteiger partial charge on any atom is 0.159 e. The lowest BCUT2D eigenvalue weighted by molar-refractivity contribution is 0.0995. The summed E-state index contributed by atoms with van der Waals surface area (Å²) in [6.07, 6.45) is 3.89. The average Bonchev–Trinajstić information content (AvgIpc) is 3.04. The number of aryl methyl sites for hydroxylation is 1. The Morgan fingerprint density at radius 3 is 2.62 bits per heavy atom. The zero-order chi connectivity index (χ0) is 18.5. The summed E-state index contributed by atoms with van der Waals surface area (Å²) in [5.74, 6) is 1.49. The first-order valence-electron chi connectivity index (χ1n) is 9.40. The molecular weight excluding hydrogens is 346 g/mol. The van der Waals surface area contributed by atoms with Crippen LogP contribution in [0, 0.1) is 12.8 Å². The molecule has 4 nitrogen and oxygen atoms in total. The molecule has 2 aromatic rings. The highest BCUT2D eigenvalue weighted by molar-refractivity contribution is 6.30. The molecule has 0 radical (unpaired) electrons. The number of ether oxygens (including phenoxy) is 1. The minimum atomic E-state index is 0.611. The van der Waals surface area contributed by atoms with Gasteiger partial charge in [0.1, 0.15) is 0 Å². The quantitative estimate of drug-likeness (QED) is 0.702. The van der Waals surface area contributed by atoms with Crippen LogP contribution in [0.15, 0.2) is 30.3 Å². The second-order valence-electron chi connectivity index (χ2n) is 7.27. The van der Waals surface area contributed by atoms with Gasteiger partial charge in [-0.05, 0) is 56.0 Å². The van der Waals surface area contributed by atoms with Crippen molar-refractivity contribution >= 4 is 11.6 Å². The Labute approximate surface area is 161 Å². The van der Waals surface area contributed by atoms with Crippen LogP contribution in [0.5, 0.6) is 0 Å². The molecule has 5 heteroatoms. The van der Waals surface area contributed by atoms with Crippen LogP contribution in [0.2, 0.25) is 5.02 Å². The van der Waals surface area contributed by atoms with Crippen LogP contribution in [-0.2, 0) is 11.3 Å². The highest BCUT2D eigenvalue weighted by Gasteiger charge is 2.29. The lowest BCUT2D eigenvalue weighted by Crippen LogP contribution is -2.39. The van der Waals surface area contributed by atoms with Gasteiger partial charge in [-0.1, -0.05) is 24.9 Å². The van der Waals surface area contributed by atoms with Gasteiger partial charge in [0, 0.05) is 42.5 Å². The number of hydrogen-bond donors (Lipinski definition) is 0. The topological polar surface area (TPSA) is 38.2 Å². The number of aromatic nitrogens is 2. The number of hydrogen-bond acceptors (Lipinski definition) is 4. The van der Waals surface area contributed by atoms with E-state index in [1.54, 1.807) is 7.11 Å². The van der Waals surface area contributed by atoms with Gasteiger partial charge >= 0.3 is 0 Å². The molecule has 26 heavy (non-hydrogen) atoms. The third-order valence-corrected chi connectivity index (χ3v) is 5.49. The van der Waals surface area contributed by atoms with Crippen LogP contribution in [0.25, 0.3) is 11.4 Å². The molecule has 2 unspecified atom stereocenters. The van der Waals surface area contributed by atoms with Crippen LogP contribution in [0.4, 0.5) is 0 Å². The standard InChI is InChI=1S/C21H28ClN3O/c1-15-5-4-6-20(15)25(11-12-26-3)14-19-13-16(2)23-21(24-19)17-7-9-18(22)10-8-17/h7-10,13,15,20H,4-6,11-12,14H2,1-3H3. The van der Waals surface area contributed by atoms with Crippen molar-refractivity contribution in [1.82, 2.24) is 14.9 Å². The minimum absolute atomic E-state index is 0.611. The largest absolute Gasteiger partial charge is 0.383 e. The average molecular weight is 374 g/mol. The van der Waals surface area contributed by atoms with E-state index in [2.05, 4.69) is 22.9 Å². The summed E-state index contributed by atoms with van der Waals surface area (Å²) >= 11 is 6.01. The van der Waals surface area contributed by atoms with Crippen molar-refractivity contribution in [1.29, 1.82) is 0 Å². The lowest BCUT2D eigenvalue weighted by atomic mass is 10.0. The van der Waals surface area contributed by atoms with Crippen LogP contribution in [0.3, 0.4) is 0 Å². The lowest BCUT2D eigenvalue weighted by Gasteiger charge is -2.31. The van der Waals surface area contributed by atoms with Gasteiger partial charge in [-0.2, -0.15) is 0 Å². The minimum Gasteiger partial charge on any atom is -0.383 e. The maximum atomic E-state index is 6.01. The molecule has 1 fully saturated rings. The van der Waals surface area contributed by atoms with Gasteiger partial charge < -0.3 is 4.74 Å². The molecule has 1 aliphatic carbocycles. The van der Waals surface area contributed by atoms with E-state index in [0.29, 0.717) is 6.04 Å². The van der Waals surface area contributed by atoms with E-state index in [1.165, 1.54) is 19.3 Å². The molecule has 1 heterocycles. The summed E-state index contributed by atoms with van der Waals surface area (Å²) in [4.78, 5) is 12.0. The Morgan fingerprint density at radius 1 is 1.19 bits per heavy atom.